The van der Waals surface area contributed by atoms with Crippen molar-refractivity contribution in [2.45, 2.75) is 6.04 Å². The third kappa shape index (κ3) is 3.31. The minimum atomic E-state index is -0.312. The molecule has 0 saturated carbocycles. The molecule has 0 saturated heterocycles. The Labute approximate surface area is 132 Å². The van der Waals surface area contributed by atoms with Gasteiger partial charge in [0.25, 0.3) is 0 Å². The van der Waals surface area contributed by atoms with E-state index in [9.17, 15) is 0 Å². The number of ether oxygens (including phenoxy) is 3. The average molecular weight is 352 g/mol. The number of benzene rings is 2. The summed E-state index contributed by atoms with van der Waals surface area (Å²) >= 11 is 3.44. The zero-order chi connectivity index (χ0) is 15.4. The normalized spacial score (nSPS) is 11.9. The van der Waals surface area contributed by atoms with Crippen LogP contribution in [0.15, 0.2) is 40.9 Å². The molecule has 2 N–H and O–H groups in total. The Hall–Kier alpha value is -1.72. The number of methoxy groups -OCH3 is 3. The number of halogens is 1. The van der Waals surface area contributed by atoms with Crippen molar-refractivity contribution in [3.05, 3.63) is 52.0 Å². The Kier molecular flexibility index (Phi) is 5.09. The highest BCUT2D eigenvalue weighted by Crippen LogP contribution is 2.37. The molecule has 5 heteroatoms. The molecule has 0 aliphatic carbocycles. The molecule has 0 aliphatic rings. The van der Waals surface area contributed by atoms with Gasteiger partial charge in [0.05, 0.1) is 31.8 Å². The van der Waals surface area contributed by atoms with Crippen LogP contribution in [0, 0.1) is 0 Å². The molecule has 2 rings (SSSR count). The fourth-order valence-electron chi connectivity index (χ4n) is 2.12. The summed E-state index contributed by atoms with van der Waals surface area (Å²) in [5, 5.41) is 0. The SMILES string of the molecule is COc1ccc(C(N)c2cc(OC)c(Br)cc2OC)cc1. The van der Waals surface area contributed by atoms with Gasteiger partial charge in [-0.1, -0.05) is 12.1 Å². The molecule has 0 fully saturated rings. The fourth-order valence-corrected chi connectivity index (χ4v) is 2.60. The molecule has 0 aliphatic heterocycles. The van der Waals surface area contributed by atoms with Crippen molar-refractivity contribution < 1.29 is 14.2 Å². The molecular formula is C16H18BrNO3. The van der Waals surface area contributed by atoms with E-state index in [1.165, 1.54) is 0 Å². The zero-order valence-electron chi connectivity index (χ0n) is 12.2. The van der Waals surface area contributed by atoms with Gasteiger partial charge in [0.15, 0.2) is 0 Å². The largest absolute Gasteiger partial charge is 0.497 e. The van der Waals surface area contributed by atoms with Gasteiger partial charge in [-0.15, -0.1) is 0 Å². The quantitative estimate of drug-likeness (QED) is 0.895. The predicted octanol–water partition coefficient (Wildman–Crippen LogP) is 3.52. The Morgan fingerprint density at radius 3 is 2.05 bits per heavy atom. The minimum absolute atomic E-state index is 0.312. The van der Waals surface area contributed by atoms with E-state index in [0.717, 1.165) is 27.1 Å². The lowest BCUT2D eigenvalue weighted by atomic mass is 9.98. The molecule has 1 atom stereocenters. The lowest BCUT2D eigenvalue weighted by Crippen LogP contribution is -2.13. The molecule has 2 aromatic carbocycles. The number of rotatable bonds is 5. The van der Waals surface area contributed by atoms with Crippen LogP contribution in [0.1, 0.15) is 17.2 Å². The number of nitrogens with two attached hydrogens (primary N) is 1. The second-order valence-corrected chi connectivity index (χ2v) is 5.33. The van der Waals surface area contributed by atoms with E-state index < -0.39 is 0 Å². The highest BCUT2D eigenvalue weighted by molar-refractivity contribution is 9.10. The van der Waals surface area contributed by atoms with Crippen LogP contribution in [0.3, 0.4) is 0 Å². The van der Waals surface area contributed by atoms with Crippen molar-refractivity contribution >= 4 is 15.9 Å². The van der Waals surface area contributed by atoms with Crippen LogP contribution in [0.2, 0.25) is 0 Å². The van der Waals surface area contributed by atoms with Crippen molar-refractivity contribution in [3.63, 3.8) is 0 Å². The molecule has 21 heavy (non-hydrogen) atoms. The van der Waals surface area contributed by atoms with E-state index in [2.05, 4.69) is 15.9 Å². The topological polar surface area (TPSA) is 53.7 Å². The van der Waals surface area contributed by atoms with Crippen LogP contribution in [0.5, 0.6) is 17.2 Å². The molecule has 0 radical (unpaired) electrons. The summed E-state index contributed by atoms with van der Waals surface area (Å²) in [4.78, 5) is 0. The summed E-state index contributed by atoms with van der Waals surface area (Å²) in [5.74, 6) is 2.23. The summed E-state index contributed by atoms with van der Waals surface area (Å²) < 4.78 is 16.7. The lowest BCUT2D eigenvalue weighted by Gasteiger charge is -2.18. The molecule has 4 nitrogen and oxygen atoms in total. The van der Waals surface area contributed by atoms with Crippen LogP contribution in [0.4, 0.5) is 0 Å². The Morgan fingerprint density at radius 1 is 0.905 bits per heavy atom. The molecule has 0 spiro atoms. The van der Waals surface area contributed by atoms with E-state index in [0.29, 0.717) is 5.75 Å². The summed E-state index contributed by atoms with van der Waals surface area (Å²) in [6.07, 6.45) is 0. The van der Waals surface area contributed by atoms with Gasteiger partial charge >= 0.3 is 0 Å². The van der Waals surface area contributed by atoms with Gasteiger partial charge in [0.1, 0.15) is 17.2 Å². The molecule has 0 amide bonds. The van der Waals surface area contributed by atoms with Gasteiger partial charge in [-0.3, -0.25) is 0 Å². The van der Waals surface area contributed by atoms with Crippen LogP contribution in [-0.2, 0) is 0 Å². The van der Waals surface area contributed by atoms with E-state index in [-0.39, 0.29) is 6.04 Å². The van der Waals surface area contributed by atoms with Crippen molar-refractivity contribution in [2.24, 2.45) is 5.73 Å². The van der Waals surface area contributed by atoms with Crippen molar-refractivity contribution in [3.8, 4) is 17.2 Å². The number of hydrogen-bond acceptors (Lipinski definition) is 4. The second-order valence-electron chi connectivity index (χ2n) is 4.48. The fraction of sp³-hybridized carbons (Fsp3) is 0.250. The molecule has 0 aromatic heterocycles. The lowest BCUT2D eigenvalue weighted by molar-refractivity contribution is 0.395. The standard InChI is InChI=1S/C16H18BrNO3/c1-19-11-6-4-10(5-7-11)16(18)12-8-15(21-3)13(17)9-14(12)20-2/h4-9,16H,18H2,1-3H3. The van der Waals surface area contributed by atoms with Crippen molar-refractivity contribution in [2.75, 3.05) is 21.3 Å². The average Bonchev–Trinajstić information content (AvgIpc) is 2.54. The number of hydrogen-bond donors (Lipinski definition) is 1. The van der Waals surface area contributed by atoms with Crippen LogP contribution >= 0.6 is 15.9 Å². The highest BCUT2D eigenvalue weighted by Gasteiger charge is 2.17. The smallest absolute Gasteiger partial charge is 0.133 e. The zero-order valence-corrected chi connectivity index (χ0v) is 13.8. The molecule has 0 heterocycles. The van der Waals surface area contributed by atoms with E-state index in [1.807, 2.05) is 36.4 Å². The summed E-state index contributed by atoms with van der Waals surface area (Å²) in [5.41, 5.74) is 8.20. The first-order valence-corrected chi connectivity index (χ1v) is 7.21. The summed E-state index contributed by atoms with van der Waals surface area (Å²) in [7, 11) is 4.88. The van der Waals surface area contributed by atoms with Crippen molar-refractivity contribution in [1.29, 1.82) is 0 Å². The molecule has 2 aromatic rings. The Bertz CT molecular complexity index is 614. The first-order valence-electron chi connectivity index (χ1n) is 6.41. The van der Waals surface area contributed by atoms with Gasteiger partial charge in [-0.2, -0.15) is 0 Å². The van der Waals surface area contributed by atoms with E-state index in [1.54, 1.807) is 21.3 Å². The van der Waals surface area contributed by atoms with Gasteiger partial charge in [0, 0.05) is 5.56 Å². The van der Waals surface area contributed by atoms with Crippen molar-refractivity contribution in [1.82, 2.24) is 0 Å². The third-order valence-corrected chi connectivity index (χ3v) is 3.93. The van der Waals surface area contributed by atoms with Gasteiger partial charge in [-0.25, -0.2) is 0 Å². The third-order valence-electron chi connectivity index (χ3n) is 3.31. The molecular weight excluding hydrogens is 334 g/mol. The Morgan fingerprint density at radius 2 is 1.52 bits per heavy atom. The molecule has 112 valence electrons. The first-order chi connectivity index (χ1) is 10.1. The van der Waals surface area contributed by atoms with Crippen LogP contribution in [0.25, 0.3) is 0 Å². The summed E-state index contributed by atoms with van der Waals surface area (Å²) in [6, 6.07) is 11.1. The van der Waals surface area contributed by atoms with E-state index in [4.69, 9.17) is 19.9 Å². The maximum atomic E-state index is 6.37. The van der Waals surface area contributed by atoms with Crippen LogP contribution in [-0.4, -0.2) is 21.3 Å². The highest BCUT2D eigenvalue weighted by atomic mass is 79.9. The summed E-state index contributed by atoms with van der Waals surface area (Å²) in [6.45, 7) is 0. The second kappa shape index (κ2) is 6.83. The molecule has 0 bridgehead atoms. The predicted molar refractivity (Wildman–Crippen MR) is 86.3 cm³/mol. The first kappa shape index (κ1) is 15.7. The van der Waals surface area contributed by atoms with Gasteiger partial charge in [-0.05, 0) is 45.8 Å². The maximum Gasteiger partial charge on any atom is 0.133 e. The van der Waals surface area contributed by atoms with Gasteiger partial charge < -0.3 is 19.9 Å². The van der Waals surface area contributed by atoms with E-state index >= 15 is 0 Å². The van der Waals surface area contributed by atoms with Crippen LogP contribution < -0.4 is 19.9 Å². The molecule has 1 unspecified atom stereocenters. The maximum absolute atomic E-state index is 6.37. The monoisotopic (exact) mass is 351 g/mol. The van der Waals surface area contributed by atoms with Gasteiger partial charge in [0.2, 0.25) is 0 Å². The Balaban J connectivity index is 2.43. The minimum Gasteiger partial charge on any atom is -0.497 e.